The molecule has 0 aliphatic carbocycles. The molecule has 0 radical (unpaired) electrons. The lowest BCUT2D eigenvalue weighted by Gasteiger charge is -2.23. The predicted molar refractivity (Wildman–Crippen MR) is 76.9 cm³/mol. The molecule has 0 saturated carbocycles. The SMILES string of the molecule is CC(C)(C[C@H]1OC(c2c[nH]c(=O)[nH]c2=O)[C@H](O)[C@@H]1O)O[P+](=O)O. The first-order chi connectivity index (χ1) is 10.6. The molecule has 1 saturated heterocycles. The van der Waals surface area contributed by atoms with Gasteiger partial charge in [0.25, 0.3) is 5.56 Å². The van der Waals surface area contributed by atoms with Crippen molar-refractivity contribution in [3.63, 3.8) is 0 Å². The van der Waals surface area contributed by atoms with Gasteiger partial charge >= 0.3 is 13.9 Å². The number of hydrogen-bond acceptors (Lipinski definition) is 7. The van der Waals surface area contributed by atoms with Crippen LogP contribution in [0.1, 0.15) is 31.9 Å². The summed E-state index contributed by atoms with van der Waals surface area (Å²) in [5.74, 6) is 0. The number of ether oxygens (including phenoxy) is 1. The molecule has 1 aromatic heterocycles. The van der Waals surface area contributed by atoms with E-state index in [4.69, 9.17) is 14.2 Å². The molecule has 0 spiro atoms. The van der Waals surface area contributed by atoms with Gasteiger partial charge in [0.15, 0.2) is 0 Å². The standard InChI is InChI=1S/C12H17N2O8P/c1-12(2,22-23(19)20)3-6-7(15)8(16)9(21-6)5-4-13-11(18)14-10(5)17/h4,6-9,15-16H,3H2,1-2H3,(H2-,13,14,17,18,19,20)/p+1/t6-,7-,8-,9?/m1/s1. The zero-order valence-corrected chi connectivity index (χ0v) is 13.3. The van der Waals surface area contributed by atoms with E-state index in [9.17, 15) is 24.4 Å². The fraction of sp³-hybridized carbons (Fsp3) is 0.667. The van der Waals surface area contributed by atoms with Crippen molar-refractivity contribution in [2.24, 2.45) is 0 Å². The van der Waals surface area contributed by atoms with E-state index in [1.807, 2.05) is 4.98 Å². The first kappa shape index (κ1) is 17.9. The van der Waals surface area contributed by atoms with Crippen molar-refractivity contribution < 1.29 is 28.9 Å². The van der Waals surface area contributed by atoms with Crippen LogP contribution in [0.2, 0.25) is 0 Å². The fourth-order valence-corrected chi connectivity index (χ4v) is 3.04. The molecule has 1 aromatic rings. The molecule has 128 valence electrons. The van der Waals surface area contributed by atoms with Gasteiger partial charge in [-0.3, -0.25) is 9.78 Å². The average molecular weight is 349 g/mol. The summed E-state index contributed by atoms with van der Waals surface area (Å²) in [5, 5.41) is 20.2. The number of aromatic amines is 2. The van der Waals surface area contributed by atoms with Crippen LogP contribution in [0.15, 0.2) is 15.8 Å². The number of aromatic nitrogens is 2. The summed E-state index contributed by atoms with van der Waals surface area (Å²) in [6.07, 6.45) is -3.68. The van der Waals surface area contributed by atoms with Crippen LogP contribution in [0.3, 0.4) is 0 Å². The second-order valence-electron chi connectivity index (χ2n) is 5.90. The minimum absolute atomic E-state index is 0.00458. The highest BCUT2D eigenvalue weighted by atomic mass is 31.1. The van der Waals surface area contributed by atoms with Crippen molar-refractivity contribution in [3.8, 4) is 0 Å². The highest BCUT2D eigenvalue weighted by Crippen LogP contribution is 2.38. The van der Waals surface area contributed by atoms with E-state index in [1.165, 1.54) is 13.8 Å². The van der Waals surface area contributed by atoms with E-state index in [0.29, 0.717) is 0 Å². The van der Waals surface area contributed by atoms with Gasteiger partial charge in [-0.25, -0.2) is 4.79 Å². The van der Waals surface area contributed by atoms with E-state index in [-0.39, 0.29) is 12.0 Å². The Morgan fingerprint density at radius 1 is 1.35 bits per heavy atom. The molecule has 11 heteroatoms. The molecule has 1 fully saturated rings. The predicted octanol–water partition coefficient (Wildman–Crippen LogP) is -0.940. The van der Waals surface area contributed by atoms with E-state index in [2.05, 4.69) is 4.98 Å². The Labute approximate surface area is 131 Å². The van der Waals surface area contributed by atoms with Gasteiger partial charge in [0.1, 0.15) is 23.9 Å². The van der Waals surface area contributed by atoms with E-state index < -0.39 is 49.5 Å². The Bertz CT molecular complexity index is 699. The molecule has 23 heavy (non-hydrogen) atoms. The highest BCUT2D eigenvalue weighted by Gasteiger charge is 2.47. The van der Waals surface area contributed by atoms with Crippen molar-refractivity contribution in [2.75, 3.05) is 0 Å². The van der Waals surface area contributed by atoms with Crippen molar-refractivity contribution >= 4 is 8.25 Å². The topological polar surface area (TPSA) is 162 Å². The van der Waals surface area contributed by atoms with Gasteiger partial charge in [-0.2, -0.15) is 0 Å². The molecule has 2 rings (SSSR count). The third kappa shape index (κ3) is 4.11. The molecule has 2 unspecified atom stereocenters. The van der Waals surface area contributed by atoms with Gasteiger partial charge in [-0.15, -0.1) is 9.42 Å². The zero-order valence-electron chi connectivity index (χ0n) is 12.4. The molecular weight excluding hydrogens is 331 g/mol. The number of aliphatic hydroxyl groups is 2. The van der Waals surface area contributed by atoms with E-state index >= 15 is 0 Å². The molecule has 5 atom stereocenters. The summed E-state index contributed by atoms with van der Waals surface area (Å²) in [5.41, 5.74) is -2.57. The molecular formula is C12H18N2O8P+. The largest absolute Gasteiger partial charge is 0.695 e. The first-order valence-electron chi connectivity index (χ1n) is 6.79. The maximum absolute atomic E-state index is 11.8. The van der Waals surface area contributed by atoms with Crippen LogP contribution < -0.4 is 11.2 Å². The second-order valence-corrected chi connectivity index (χ2v) is 6.55. The minimum Gasteiger partial charge on any atom is -0.388 e. The maximum Gasteiger partial charge on any atom is 0.695 e. The molecule has 1 aliphatic rings. The van der Waals surface area contributed by atoms with E-state index in [1.54, 1.807) is 0 Å². The first-order valence-corrected chi connectivity index (χ1v) is 7.92. The van der Waals surface area contributed by atoms with Crippen LogP contribution in [0.4, 0.5) is 0 Å². The molecule has 1 aliphatic heterocycles. The monoisotopic (exact) mass is 349 g/mol. The molecule has 0 bridgehead atoms. The molecule has 2 heterocycles. The van der Waals surface area contributed by atoms with Crippen LogP contribution in [-0.4, -0.2) is 49.0 Å². The number of H-pyrrole nitrogens is 2. The number of aliphatic hydroxyl groups excluding tert-OH is 2. The summed E-state index contributed by atoms with van der Waals surface area (Å²) in [6.45, 7) is 3.05. The number of hydrogen-bond donors (Lipinski definition) is 5. The van der Waals surface area contributed by atoms with Crippen molar-refractivity contribution in [3.05, 3.63) is 32.6 Å². The lowest BCUT2D eigenvalue weighted by molar-refractivity contribution is -0.0377. The van der Waals surface area contributed by atoms with Gasteiger partial charge in [0.2, 0.25) is 0 Å². The van der Waals surface area contributed by atoms with Crippen LogP contribution in [0.25, 0.3) is 0 Å². The van der Waals surface area contributed by atoms with Gasteiger partial charge in [0, 0.05) is 17.2 Å². The normalized spacial score (nSPS) is 28.8. The van der Waals surface area contributed by atoms with Gasteiger partial charge in [-0.1, -0.05) is 0 Å². The van der Waals surface area contributed by atoms with Crippen molar-refractivity contribution in [1.82, 2.24) is 9.97 Å². The summed E-state index contributed by atoms with van der Waals surface area (Å²) < 4.78 is 21.1. The lowest BCUT2D eigenvalue weighted by atomic mass is 9.96. The van der Waals surface area contributed by atoms with Crippen LogP contribution in [-0.2, 0) is 13.8 Å². The summed E-state index contributed by atoms with van der Waals surface area (Å²) in [7, 11) is -2.84. The Morgan fingerprint density at radius 3 is 2.57 bits per heavy atom. The lowest BCUT2D eigenvalue weighted by Crippen LogP contribution is -2.36. The highest BCUT2D eigenvalue weighted by molar-refractivity contribution is 7.32. The number of rotatable bonds is 5. The third-order valence-electron chi connectivity index (χ3n) is 3.53. The number of nitrogens with one attached hydrogen (secondary N) is 2. The third-order valence-corrected chi connectivity index (χ3v) is 4.19. The van der Waals surface area contributed by atoms with Gasteiger partial charge < -0.3 is 19.9 Å². The Kier molecular flexibility index (Phi) is 5.14. The Balaban J connectivity index is 2.19. The van der Waals surface area contributed by atoms with Crippen molar-refractivity contribution in [1.29, 1.82) is 0 Å². The Hall–Kier alpha value is -1.42. The maximum atomic E-state index is 11.8. The van der Waals surface area contributed by atoms with Crippen LogP contribution >= 0.6 is 8.25 Å². The van der Waals surface area contributed by atoms with Crippen molar-refractivity contribution in [2.45, 2.75) is 50.3 Å². The molecule has 10 nitrogen and oxygen atoms in total. The fourth-order valence-electron chi connectivity index (χ4n) is 2.54. The average Bonchev–Trinajstić information content (AvgIpc) is 2.65. The molecule has 5 N–H and O–H groups in total. The smallest absolute Gasteiger partial charge is 0.388 e. The van der Waals surface area contributed by atoms with Gasteiger partial charge in [-0.05, 0) is 13.8 Å². The minimum atomic E-state index is -2.84. The van der Waals surface area contributed by atoms with Crippen LogP contribution in [0, 0.1) is 0 Å². The second kappa shape index (κ2) is 6.60. The van der Waals surface area contributed by atoms with Crippen LogP contribution in [0.5, 0.6) is 0 Å². The van der Waals surface area contributed by atoms with E-state index in [0.717, 1.165) is 6.20 Å². The quantitative estimate of drug-likeness (QED) is 0.425. The van der Waals surface area contributed by atoms with Gasteiger partial charge in [0.05, 0.1) is 11.7 Å². The summed E-state index contributed by atoms with van der Waals surface area (Å²) >= 11 is 0. The summed E-state index contributed by atoms with van der Waals surface area (Å²) in [6, 6.07) is 0. The molecule has 0 amide bonds. The summed E-state index contributed by atoms with van der Waals surface area (Å²) in [4.78, 5) is 35.9. The molecule has 0 aromatic carbocycles. The zero-order chi connectivity index (χ0) is 17.4. The Morgan fingerprint density at radius 2 is 2.00 bits per heavy atom.